The van der Waals surface area contributed by atoms with Crippen molar-refractivity contribution >= 4 is 11.6 Å². The average molecular weight is 374 g/mol. The smallest absolute Gasteiger partial charge is 0.407 e. The zero-order valence-electron chi connectivity index (χ0n) is 16.7. The van der Waals surface area contributed by atoms with Crippen LogP contribution in [0.1, 0.15) is 93.1 Å². The van der Waals surface area contributed by atoms with E-state index < -0.39 is 0 Å². The van der Waals surface area contributed by atoms with Crippen LogP contribution in [0.5, 0.6) is 11.5 Å². The maximum absolute atomic E-state index is 12.2. The Morgan fingerprint density at radius 3 is 1.93 bits per heavy atom. The van der Waals surface area contributed by atoms with Gasteiger partial charge in [-0.3, -0.25) is 4.79 Å². The minimum Gasteiger partial charge on any atom is -0.508 e. The fraction of sp³-hybridized carbons (Fsp3) is 0.565. The molecule has 0 spiro atoms. The summed E-state index contributed by atoms with van der Waals surface area (Å²) in [5.74, 6) is 0.561. The third kappa shape index (κ3) is 6.53. The number of benzene rings is 1. The highest BCUT2D eigenvalue weighted by Gasteiger charge is 2.34. The molecule has 0 amide bonds. The van der Waals surface area contributed by atoms with Gasteiger partial charge in [-0.25, -0.2) is 4.42 Å². The molecule has 0 atom stereocenters. The zero-order chi connectivity index (χ0) is 19.6. The second kappa shape index (κ2) is 10.9. The predicted octanol–water partition coefficient (Wildman–Crippen LogP) is 5.90. The van der Waals surface area contributed by atoms with Gasteiger partial charge in [0, 0.05) is 5.56 Å². The first-order chi connectivity index (χ1) is 13.0. The Hall–Kier alpha value is -2.10. The van der Waals surface area contributed by atoms with E-state index in [0.29, 0.717) is 16.9 Å². The summed E-state index contributed by atoms with van der Waals surface area (Å²) < 4.78 is 5.70. The predicted molar refractivity (Wildman–Crippen MR) is 108 cm³/mol. The minimum atomic E-state index is -0.209. The summed E-state index contributed by atoms with van der Waals surface area (Å²) in [4.78, 5) is 12.2. The molecule has 4 heteroatoms. The molecule has 0 unspecified atom stereocenters. The summed E-state index contributed by atoms with van der Waals surface area (Å²) in [5.41, 5.74) is 0.804. The third-order valence-electron chi connectivity index (χ3n) is 5.14. The normalized spacial score (nSPS) is 13.8. The van der Waals surface area contributed by atoms with E-state index in [-0.39, 0.29) is 23.1 Å². The molecule has 2 rings (SSSR count). The monoisotopic (exact) mass is 373 g/mol. The SMILES string of the molecule is CCCCCCCCCCCCC1=CC(=O)C(c2cc(O)c(C)c(O)c2)=[O+]1. The van der Waals surface area contributed by atoms with E-state index in [1.165, 1.54) is 69.6 Å². The largest absolute Gasteiger partial charge is 0.508 e. The summed E-state index contributed by atoms with van der Waals surface area (Å²) >= 11 is 0. The van der Waals surface area contributed by atoms with E-state index in [0.717, 1.165) is 19.3 Å². The van der Waals surface area contributed by atoms with Crippen LogP contribution in [0.15, 0.2) is 24.0 Å². The first-order valence-corrected chi connectivity index (χ1v) is 10.4. The summed E-state index contributed by atoms with van der Waals surface area (Å²) in [7, 11) is 0. The molecule has 1 aromatic carbocycles. The summed E-state index contributed by atoms with van der Waals surface area (Å²) in [6.07, 6.45) is 15.0. The van der Waals surface area contributed by atoms with Crippen LogP contribution >= 0.6 is 0 Å². The van der Waals surface area contributed by atoms with E-state index in [9.17, 15) is 15.0 Å². The number of carbonyl (C=O) groups is 1. The van der Waals surface area contributed by atoms with Crippen molar-refractivity contribution in [2.45, 2.75) is 84.5 Å². The van der Waals surface area contributed by atoms with Crippen molar-refractivity contribution < 1.29 is 19.4 Å². The number of phenolic OH excluding ortho intramolecular Hbond substituents is 2. The topological polar surface area (TPSA) is 68.8 Å². The molecular formula is C23H33O4+. The molecule has 0 aromatic heterocycles. The molecule has 1 aliphatic rings. The molecule has 4 nitrogen and oxygen atoms in total. The molecule has 1 heterocycles. The number of ketones is 2. The van der Waals surface area contributed by atoms with Gasteiger partial charge in [0.1, 0.15) is 11.5 Å². The molecule has 0 fully saturated rings. The number of unbranched alkanes of at least 4 members (excludes halogenated alkanes) is 9. The fourth-order valence-electron chi connectivity index (χ4n) is 3.35. The van der Waals surface area contributed by atoms with Gasteiger partial charge < -0.3 is 10.2 Å². The summed E-state index contributed by atoms with van der Waals surface area (Å²) in [5, 5.41) is 19.7. The molecule has 0 saturated carbocycles. The number of carbonyl (C=O) groups excluding carboxylic acids is 2. The van der Waals surface area contributed by atoms with Gasteiger partial charge in [0.25, 0.3) is 5.78 Å². The molecule has 1 aliphatic heterocycles. The molecule has 0 aliphatic carbocycles. The summed E-state index contributed by atoms with van der Waals surface area (Å²) in [6.45, 7) is 3.86. The van der Waals surface area contributed by atoms with Gasteiger partial charge in [0.05, 0.1) is 18.1 Å². The van der Waals surface area contributed by atoms with Crippen molar-refractivity contribution in [3.63, 3.8) is 0 Å². The Bertz CT molecular complexity index is 677. The second-order valence-electron chi connectivity index (χ2n) is 7.48. The third-order valence-corrected chi connectivity index (χ3v) is 5.14. The van der Waals surface area contributed by atoms with Crippen molar-refractivity contribution in [3.05, 3.63) is 35.1 Å². The van der Waals surface area contributed by atoms with E-state index >= 15 is 0 Å². The number of allylic oxidation sites excluding steroid dienone is 2. The number of hydrogen-bond acceptors (Lipinski definition) is 3. The lowest BCUT2D eigenvalue weighted by atomic mass is 10.0. The van der Waals surface area contributed by atoms with Crippen LogP contribution in [0.2, 0.25) is 0 Å². The standard InChI is InChI=1S/C23H32O4/c1-3-4-5-6-7-8-9-10-11-12-13-19-16-22(26)23(27-19)18-14-20(24)17(2)21(25)15-18/h14-16H,3-13H2,1-2H3,(H-,24,25)/p+1. The van der Waals surface area contributed by atoms with Gasteiger partial charge in [-0.1, -0.05) is 64.7 Å². The number of phenols is 2. The van der Waals surface area contributed by atoms with E-state index in [1.54, 1.807) is 6.92 Å². The Morgan fingerprint density at radius 2 is 1.37 bits per heavy atom. The lowest BCUT2D eigenvalue weighted by Crippen LogP contribution is -2.09. The highest BCUT2D eigenvalue weighted by molar-refractivity contribution is 6.48. The van der Waals surface area contributed by atoms with Crippen LogP contribution < -0.4 is 0 Å². The molecule has 27 heavy (non-hydrogen) atoms. The van der Waals surface area contributed by atoms with Crippen LogP contribution in [0.3, 0.4) is 0 Å². The van der Waals surface area contributed by atoms with Crippen LogP contribution in [0, 0.1) is 6.92 Å². The minimum absolute atomic E-state index is 0.0444. The number of aromatic hydroxyl groups is 2. The van der Waals surface area contributed by atoms with Crippen molar-refractivity contribution in [1.29, 1.82) is 0 Å². The molecule has 0 bridgehead atoms. The Kier molecular flexibility index (Phi) is 8.56. The Balaban J connectivity index is 1.71. The quantitative estimate of drug-likeness (QED) is 0.272. The van der Waals surface area contributed by atoms with Crippen molar-refractivity contribution in [3.8, 4) is 11.5 Å². The van der Waals surface area contributed by atoms with Crippen molar-refractivity contribution in [2.24, 2.45) is 0 Å². The van der Waals surface area contributed by atoms with Crippen LogP contribution in [0.25, 0.3) is 0 Å². The average Bonchev–Trinajstić information content (AvgIpc) is 3.01. The Labute approximate surface area is 162 Å². The first kappa shape index (κ1) is 21.2. The van der Waals surface area contributed by atoms with Gasteiger partial charge in [-0.05, 0) is 25.5 Å². The second-order valence-corrected chi connectivity index (χ2v) is 7.48. The lowest BCUT2D eigenvalue weighted by Gasteiger charge is -2.02. The highest BCUT2D eigenvalue weighted by Crippen LogP contribution is 2.29. The first-order valence-electron chi connectivity index (χ1n) is 10.4. The number of hydrogen-bond donors (Lipinski definition) is 2. The van der Waals surface area contributed by atoms with Gasteiger partial charge in [0.15, 0.2) is 0 Å². The van der Waals surface area contributed by atoms with Crippen LogP contribution in [0.4, 0.5) is 0 Å². The molecule has 0 radical (unpaired) electrons. The molecule has 0 saturated heterocycles. The highest BCUT2D eigenvalue weighted by atomic mass is 16.4. The fourth-order valence-corrected chi connectivity index (χ4v) is 3.35. The number of rotatable bonds is 12. The van der Waals surface area contributed by atoms with E-state index in [1.807, 2.05) is 0 Å². The van der Waals surface area contributed by atoms with Gasteiger partial charge >= 0.3 is 11.5 Å². The van der Waals surface area contributed by atoms with Crippen LogP contribution in [-0.4, -0.2) is 21.8 Å². The summed E-state index contributed by atoms with van der Waals surface area (Å²) in [6, 6.07) is 2.92. The van der Waals surface area contributed by atoms with Crippen molar-refractivity contribution in [2.75, 3.05) is 0 Å². The molecule has 2 N–H and O–H groups in total. The zero-order valence-corrected chi connectivity index (χ0v) is 16.7. The Morgan fingerprint density at radius 1 is 0.852 bits per heavy atom. The maximum atomic E-state index is 12.2. The van der Waals surface area contributed by atoms with Crippen LogP contribution in [-0.2, 0) is 4.79 Å². The molecule has 1 aromatic rings. The van der Waals surface area contributed by atoms with Gasteiger partial charge in [-0.2, -0.15) is 0 Å². The van der Waals surface area contributed by atoms with E-state index in [4.69, 9.17) is 4.42 Å². The van der Waals surface area contributed by atoms with Crippen molar-refractivity contribution in [1.82, 2.24) is 0 Å². The molecular weight excluding hydrogens is 340 g/mol. The maximum Gasteiger partial charge on any atom is 0.407 e. The van der Waals surface area contributed by atoms with Gasteiger partial charge in [0.2, 0.25) is 0 Å². The molecule has 148 valence electrons. The lowest BCUT2D eigenvalue weighted by molar-refractivity contribution is -0.202. The van der Waals surface area contributed by atoms with Gasteiger partial charge in [-0.15, -0.1) is 0 Å². The van der Waals surface area contributed by atoms with E-state index in [2.05, 4.69) is 6.92 Å².